The molecule has 0 saturated carbocycles. The number of aryl methyl sites for hydroxylation is 1. The van der Waals surface area contributed by atoms with Gasteiger partial charge < -0.3 is 15.1 Å². The van der Waals surface area contributed by atoms with Crippen LogP contribution in [-0.4, -0.2) is 56.3 Å². The highest BCUT2D eigenvalue weighted by atomic mass is 16.3. The zero-order chi connectivity index (χ0) is 15.0. The SMILES string of the molecule is Cc1nn2cnnc2c(N2CCCC(CO)(CO)C2)c1C. The van der Waals surface area contributed by atoms with Gasteiger partial charge in [0.25, 0.3) is 0 Å². The first-order chi connectivity index (χ1) is 10.1. The molecule has 0 amide bonds. The fourth-order valence-corrected chi connectivity index (χ4v) is 3.12. The van der Waals surface area contributed by atoms with Crippen molar-refractivity contribution in [2.45, 2.75) is 26.7 Å². The number of hydrogen-bond donors (Lipinski definition) is 2. The number of aliphatic hydroxyl groups is 2. The monoisotopic (exact) mass is 291 g/mol. The summed E-state index contributed by atoms with van der Waals surface area (Å²) in [7, 11) is 0. The van der Waals surface area contributed by atoms with E-state index in [0.29, 0.717) is 6.54 Å². The van der Waals surface area contributed by atoms with Gasteiger partial charge in [-0.2, -0.15) is 9.61 Å². The van der Waals surface area contributed by atoms with Gasteiger partial charge in [-0.15, -0.1) is 10.2 Å². The van der Waals surface area contributed by atoms with Crippen LogP contribution in [0.3, 0.4) is 0 Å². The van der Waals surface area contributed by atoms with Crippen molar-refractivity contribution in [3.8, 4) is 0 Å². The number of aromatic nitrogens is 4. The van der Waals surface area contributed by atoms with Gasteiger partial charge in [-0.3, -0.25) is 0 Å². The molecule has 0 bridgehead atoms. The minimum atomic E-state index is -0.446. The first-order valence-electron chi connectivity index (χ1n) is 7.24. The molecule has 1 fully saturated rings. The molecule has 2 aromatic heterocycles. The predicted molar refractivity (Wildman–Crippen MR) is 78.3 cm³/mol. The molecular formula is C14H21N5O2. The van der Waals surface area contributed by atoms with Crippen molar-refractivity contribution in [1.29, 1.82) is 0 Å². The van der Waals surface area contributed by atoms with Crippen LogP contribution in [-0.2, 0) is 0 Å². The van der Waals surface area contributed by atoms with E-state index in [1.54, 1.807) is 10.8 Å². The standard InChI is InChI=1S/C14H21N5O2/c1-10-11(2)17-19-9-15-16-13(19)12(10)18-5-3-4-14(6-18,7-20)8-21/h9,20-21H,3-8H2,1-2H3. The van der Waals surface area contributed by atoms with Crippen LogP contribution in [0, 0.1) is 19.3 Å². The summed E-state index contributed by atoms with van der Waals surface area (Å²) in [6.07, 6.45) is 3.37. The normalized spacial score (nSPS) is 18.4. The van der Waals surface area contributed by atoms with Crippen molar-refractivity contribution in [3.05, 3.63) is 17.6 Å². The van der Waals surface area contributed by atoms with Crippen LogP contribution < -0.4 is 4.90 Å². The van der Waals surface area contributed by atoms with Crippen LogP contribution >= 0.6 is 0 Å². The lowest BCUT2D eigenvalue weighted by molar-refractivity contribution is 0.0422. The van der Waals surface area contributed by atoms with Crippen molar-refractivity contribution in [1.82, 2.24) is 19.8 Å². The van der Waals surface area contributed by atoms with E-state index in [0.717, 1.165) is 42.0 Å². The molecule has 3 heterocycles. The molecule has 114 valence electrons. The third-order valence-corrected chi connectivity index (χ3v) is 4.55. The highest BCUT2D eigenvalue weighted by Crippen LogP contribution is 2.35. The van der Waals surface area contributed by atoms with Crippen molar-refractivity contribution in [3.63, 3.8) is 0 Å². The fraction of sp³-hybridized carbons (Fsp3) is 0.643. The van der Waals surface area contributed by atoms with Crippen LogP contribution in [0.2, 0.25) is 0 Å². The second kappa shape index (κ2) is 5.23. The Labute approximate surface area is 123 Å². The summed E-state index contributed by atoms with van der Waals surface area (Å²) in [5.74, 6) is 0. The Morgan fingerprint density at radius 3 is 2.76 bits per heavy atom. The second-order valence-corrected chi connectivity index (χ2v) is 6.00. The fourth-order valence-electron chi connectivity index (χ4n) is 3.12. The topological polar surface area (TPSA) is 86.8 Å². The van der Waals surface area contributed by atoms with Gasteiger partial charge in [0.1, 0.15) is 6.33 Å². The molecular weight excluding hydrogens is 270 g/mol. The van der Waals surface area contributed by atoms with E-state index >= 15 is 0 Å². The van der Waals surface area contributed by atoms with Crippen LogP contribution in [0.1, 0.15) is 24.1 Å². The Morgan fingerprint density at radius 2 is 2.05 bits per heavy atom. The van der Waals surface area contributed by atoms with Crippen LogP contribution in [0.15, 0.2) is 6.33 Å². The first kappa shape index (κ1) is 14.2. The molecule has 0 aromatic carbocycles. The zero-order valence-corrected chi connectivity index (χ0v) is 12.5. The Morgan fingerprint density at radius 1 is 1.29 bits per heavy atom. The Kier molecular flexibility index (Phi) is 3.54. The van der Waals surface area contributed by atoms with Crippen LogP contribution in [0.4, 0.5) is 5.69 Å². The Hall–Kier alpha value is -1.73. The molecule has 7 heteroatoms. The number of fused-ring (bicyclic) bond motifs is 1. The van der Waals surface area contributed by atoms with Gasteiger partial charge in [0, 0.05) is 18.5 Å². The van der Waals surface area contributed by atoms with Crippen molar-refractivity contribution in [2.75, 3.05) is 31.2 Å². The summed E-state index contributed by atoms with van der Waals surface area (Å²) in [5.41, 5.74) is 3.29. The summed E-state index contributed by atoms with van der Waals surface area (Å²) in [6.45, 7) is 5.48. The van der Waals surface area contributed by atoms with Crippen molar-refractivity contribution >= 4 is 11.3 Å². The largest absolute Gasteiger partial charge is 0.396 e. The third-order valence-electron chi connectivity index (χ3n) is 4.55. The third kappa shape index (κ3) is 2.26. The lowest BCUT2D eigenvalue weighted by Crippen LogP contribution is -2.48. The quantitative estimate of drug-likeness (QED) is 0.846. The van der Waals surface area contributed by atoms with E-state index < -0.39 is 5.41 Å². The lowest BCUT2D eigenvalue weighted by Gasteiger charge is -2.42. The van der Waals surface area contributed by atoms with Crippen molar-refractivity contribution < 1.29 is 10.2 Å². The van der Waals surface area contributed by atoms with Gasteiger partial charge in [-0.1, -0.05) is 0 Å². The molecule has 1 aliphatic rings. The average molecular weight is 291 g/mol. The number of aliphatic hydroxyl groups excluding tert-OH is 2. The number of anilines is 1. The molecule has 0 unspecified atom stereocenters. The molecule has 0 radical (unpaired) electrons. The molecule has 3 rings (SSSR count). The van der Waals surface area contributed by atoms with E-state index in [1.165, 1.54) is 0 Å². The van der Waals surface area contributed by atoms with Gasteiger partial charge in [-0.25, -0.2) is 0 Å². The lowest BCUT2D eigenvalue weighted by atomic mass is 9.81. The van der Waals surface area contributed by atoms with Gasteiger partial charge in [0.2, 0.25) is 5.65 Å². The average Bonchev–Trinajstić information content (AvgIpc) is 2.96. The molecule has 0 atom stereocenters. The van der Waals surface area contributed by atoms with E-state index in [-0.39, 0.29) is 13.2 Å². The van der Waals surface area contributed by atoms with Gasteiger partial charge in [0.15, 0.2) is 0 Å². The highest BCUT2D eigenvalue weighted by molar-refractivity contribution is 5.72. The van der Waals surface area contributed by atoms with Gasteiger partial charge >= 0.3 is 0 Å². The van der Waals surface area contributed by atoms with E-state index in [1.807, 2.05) is 13.8 Å². The Bertz CT molecular complexity index is 650. The molecule has 1 aliphatic heterocycles. The predicted octanol–water partition coefficient (Wildman–Crippen LogP) is 0.312. The molecule has 7 nitrogen and oxygen atoms in total. The number of nitrogens with zero attached hydrogens (tertiary/aromatic N) is 5. The summed E-state index contributed by atoms with van der Waals surface area (Å²) < 4.78 is 1.69. The maximum atomic E-state index is 9.67. The maximum absolute atomic E-state index is 9.67. The highest BCUT2D eigenvalue weighted by Gasteiger charge is 2.36. The first-order valence-corrected chi connectivity index (χ1v) is 7.24. The van der Waals surface area contributed by atoms with E-state index in [9.17, 15) is 10.2 Å². The molecule has 2 aromatic rings. The summed E-state index contributed by atoms with van der Waals surface area (Å²) >= 11 is 0. The zero-order valence-electron chi connectivity index (χ0n) is 12.5. The molecule has 21 heavy (non-hydrogen) atoms. The van der Waals surface area contributed by atoms with Gasteiger partial charge in [-0.05, 0) is 32.3 Å². The molecule has 1 saturated heterocycles. The van der Waals surface area contributed by atoms with Crippen molar-refractivity contribution in [2.24, 2.45) is 5.41 Å². The number of hydrogen-bond acceptors (Lipinski definition) is 6. The van der Waals surface area contributed by atoms with Crippen LogP contribution in [0.5, 0.6) is 0 Å². The van der Waals surface area contributed by atoms with E-state index in [2.05, 4.69) is 20.2 Å². The Balaban J connectivity index is 2.07. The smallest absolute Gasteiger partial charge is 0.201 e. The molecule has 0 spiro atoms. The molecule has 2 N–H and O–H groups in total. The minimum Gasteiger partial charge on any atom is -0.396 e. The molecule has 0 aliphatic carbocycles. The van der Waals surface area contributed by atoms with Crippen LogP contribution in [0.25, 0.3) is 5.65 Å². The number of piperidine rings is 1. The summed E-state index contributed by atoms with van der Waals surface area (Å²) in [5, 5.41) is 31.9. The summed E-state index contributed by atoms with van der Waals surface area (Å²) in [6, 6.07) is 0. The maximum Gasteiger partial charge on any atom is 0.201 e. The summed E-state index contributed by atoms with van der Waals surface area (Å²) in [4.78, 5) is 2.20. The number of rotatable bonds is 3. The minimum absolute atomic E-state index is 0.00785. The van der Waals surface area contributed by atoms with E-state index in [4.69, 9.17) is 0 Å². The van der Waals surface area contributed by atoms with Gasteiger partial charge in [0.05, 0.1) is 24.6 Å². The second-order valence-electron chi connectivity index (χ2n) is 6.00.